The number of rotatable bonds is 0. The van der Waals surface area contributed by atoms with Crippen LogP contribution in [0.1, 0.15) is 34.1 Å². The Hall–Kier alpha value is 1.55. The van der Waals surface area contributed by atoms with Gasteiger partial charge >= 0.3 is 42.6 Å². The van der Waals surface area contributed by atoms with Crippen LogP contribution in [-0.2, 0) is 13.8 Å². The maximum atomic E-state index is 9.67. The summed E-state index contributed by atoms with van der Waals surface area (Å²) in [6.07, 6.45) is 0.733. The van der Waals surface area contributed by atoms with Crippen molar-refractivity contribution in [2.45, 2.75) is 51.2 Å². The third kappa shape index (κ3) is 4.74. The van der Waals surface area contributed by atoms with Gasteiger partial charge in [-0.2, -0.15) is 5.06 Å². The Morgan fingerprint density at radius 2 is 1.80 bits per heavy atom. The molecular weight excluding hydrogens is 512 g/mol. The number of nitrogens with two attached hydrogens (primary N) is 1. The van der Waals surface area contributed by atoms with Crippen LogP contribution in [0.4, 0.5) is 0 Å². The van der Waals surface area contributed by atoms with Crippen molar-refractivity contribution >= 4 is 28.8 Å². The average molecular weight is 531 g/mol. The third-order valence-corrected chi connectivity index (χ3v) is 2.68. The van der Waals surface area contributed by atoms with Crippen LogP contribution in [0.25, 0.3) is 11.9 Å². The average Bonchev–Trinajstić information content (AvgIpc) is 2.14. The van der Waals surface area contributed by atoms with E-state index in [-0.39, 0.29) is 31.6 Å². The molecule has 0 spiro atoms. The van der Waals surface area contributed by atoms with E-state index < -0.39 is 5.54 Å². The summed E-state index contributed by atoms with van der Waals surface area (Å²) in [6, 6.07) is -0.192. The van der Waals surface area contributed by atoms with Gasteiger partial charge in [-0.15, -0.1) is 6.04 Å². The fourth-order valence-electron chi connectivity index (χ4n) is 1.76. The van der Waals surface area contributed by atoms with Crippen LogP contribution in [0.15, 0.2) is 0 Å². The zero-order valence-corrected chi connectivity index (χ0v) is 14.5. The Morgan fingerprint density at radius 1 is 1.47 bits per heavy atom. The molecule has 1 fully saturated rings. The maximum Gasteiger partial charge on any atom is -0.693 e. The molecule has 96 valence electrons. The quantitative estimate of drug-likeness (QED) is 0.473. The number of hydrogen-bond acceptors (Lipinski definition) is 2. The summed E-state index contributed by atoms with van der Waals surface area (Å²) in [5.41, 5.74) is 7.08. The molecule has 1 rings (SSSR count). The van der Waals surface area contributed by atoms with Crippen molar-refractivity contribution in [1.29, 1.82) is 0 Å². The molecular formula is C8H19ClIN3OPt. The van der Waals surface area contributed by atoms with Gasteiger partial charge < -0.3 is 17.1 Å². The number of hydrogen-bond donors (Lipinski definition) is 1. The van der Waals surface area contributed by atoms with Crippen molar-refractivity contribution in [3.63, 3.8) is 0 Å². The van der Waals surface area contributed by atoms with Crippen molar-refractivity contribution < 1.29 is 19.0 Å². The first-order valence-electron chi connectivity index (χ1n) is 4.23. The van der Waals surface area contributed by atoms with E-state index in [1.165, 1.54) is 5.06 Å². The van der Waals surface area contributed by atoms with Gasteiger partial charge in [-0.25, -0.2) is 0 Å². The summed E-state index contributed by atoms with van der Waals surface area (Å²) in [6.45, 7) is 7.73. The molecule has 0 saturated carbocycles. The molecule has 0 aromatic carbocycles. The molecule has 1 heterocycles. The molecule has 0 amide bonds. The smallest absolute Gasteiger partial charge is 0.693 e. The van der Waals surface area contributed by atoms with E-state index in [0.717, 1.165) is 6.42 Å². The molecule has 4 nitrogen and oxygen atoms in total. The Bertz CT molecular complexity index is 195. The van der Waals surface area contributed by atoms with Gasteiger partial charge in [0.1, 0.15) is 0 Å². The summed E-state index contributed by atoms with van der Waals surface area (Å²) in [5.74, 6) is 0. The summed E-state index contributed by atoms with van der Waals surface area (Å²) in [4.78, 5) is 0. The Kier molecular flexibility index (Phi) is 8.93. The Labute approximate surface area is 115 Å². The maximum absolute atomic E-state index is 9.67. The molecule has 1 saturated heterocycles. The largest absolute Gasteiger partial charge is 0.693 e. The summed E-state index contributed by atoms with van der Waals surface area (Å²) >= 11 is 2.19. The molecule has 1 unspecified atom stereocenters. The van der Waals surface area contributed by atoms with E-state index in [1.807, 2.05) is 27.7 Å². The topological polar surface area (TPSA) is 80.8 Å². The molecule has 4 N–H and O–H groups in total. The molecule has 7 heteroatoms. The zero-order valence-electron chi connectivity index (χ0n) is 9.33. The molecule has 0 aromatic heterocycles. The minimum Gasteiger partial charge on any atom is -0.693 e. The van der Waals surface area contributed by atoms with E-state index in [4.69, 9.17) is 15.2 Å². The Balaban J connectivity index is 0. The van der Waals surface area contributed by atoms with Crippen LogP contribution >= 0.6 is 28.8 Å². The van der Waals surface area contributed by atoms with Crippen LogP contribution in [0.3, 0.4) is 0 Å². The molecule has 0 aliphatic carbocycles. The molecule has 1 aliphatic heterocycles. The predicted molar refractivity (Wildman–Crippen MR) is 69.7 cm³/mol. The molecule has 0 bridgehead atoms. The van der Waals surface area contributed by atoms with Crippen molar-refractivity contribution in [1.82, 2.24) is 5.06 Å². The van der Waals surface area contributed by atoms with E-state index in [1.54, 1.807) is 0 Å². The zero-order chi connectivity index (χ0) is 11.6. The van der Waals surface area contributed by atoms with E-state index in [0.29, 0.717) is 0 Å². The first-order valence-corrected chi connectivity index (χ1v) is 13.5. The second-order valence-corrected chi connectivity index (χ2v) is 12.0. The summed E-state index contributed by atoms with van der Waals surface area (Å²) < 4.78 is 0. The number of nitrogens with zero attached hydrogens (tertiary/aromatic N) is 1. The second kappa shape index (κ2) is 7.09. The molecule has 1 atom stereocenters. The SMILES string of the molecule is CC1(C)CC([NH-])C(C)(C)N1O.[Cl][Pt+2][I].[NH2-]. The van der Waals surface area contributed by atoms with Gasteiger partial charge in [0.05, 0.1) is 0 Å². The molecule has 15 heavy (non-hydrogen) atoms. The van der Waals surface area contributed by atoms with Crippen LogP contribution in [-0.4, -0.2) is 27.4 Å². The van der Waals surface area contributed by atoms with Gasteiger partial charge in [0, 0.05) is 11.1 Å². The van der Waals surface area contributed by atoms with Crippen LogP contribution in [0.2, 0.25) is 0 Å². The molecule has 0 aromatic rings. The van der Waals surface area contributed by atoms with Gasteiger partial charge in [-0.05, 0) is 34.1 Å². The second-order valence-electron chi connectivity index (χ2n) is 4.58. The summed E-state index contributed by atoms with van der Waals surface area (Å²) in [7, 11) is 5.10. The standard InChI is InChI=1S/C8H17N2O.ClH.HI.H2N.Pt/c1-7(2)5-6(9)8(3,4)10(7)11;;;;/h6,9,11H,5H2,1-4H3;2*1H;1H2;/q-1;;;-1;+4/p-2. The van der Waals surface area contributed by atoms with Crippen molar-refractivity contribution in [2.75, 3.05) is 0 Å². The van der Waals surface area contributed by atoms with Gasteiger partial charge in [0.15, 0.2) is 0 Å². The van der Waals surface area contributed by atoms with E-state index in [2.05, 4.69) is 19.4 Å². The minimum atomic E-state index is -0.399. The van der Waals surface area contributed by atoms with Gasteiger partial charge in [-0.3, -0.25) is 0 Å². The fourth-order valence-corrected chi connectivity index (χ4v) is 1.76. The van der Waals surface area contributed by atoms with Crippen LogP contribution in [0.5, 0.6) is 0 Å². The first kappa shape index (κ1) is 18.9. The first-order chi connectivity index (χ1) is 6.20. The van der Waals surface area contributed by atoms with Gasteiger partial charge in [0.25, 0.3) is 0 Å². The third-order valence-electron chi connectivity index (χ3n) is 2.68. The van der Waals surface area contributed by atoms with Crippen LogP contribution in [0, 0.1) is 0 Å². The van der Waals surface area contributed by atoms with E-state index in [9.17, 15) is 5.21 Å². The number of hydroxylamine groups is 2. The van der Waals surface area contributed by atoms with Crippen LogP contribution < -0.4 is 0 Å². The van der Waals surface area contributed by atoms with Crippen molar-refractivity contribution in [3.05, 3.63) is 11.9 Å². The Morgan fingerprint density at radius 3 is 1.87 bits per heavy atom. The fraction of sp³-hybridized carbons (Fsp3) is 1.00. The normalized spacial score (nSPS) is 27.9. The van der Waals surface area contributed by atoms with E-state index >= 15 is 0 Å². The molecule has 0 radical (unpaired) electrons. The number of nitrogens with one attached hydrogen (secondary N) is 1. The monoisotopic (exact) mass is 530 g/mol. The number of halogens is 2. The summed E-state index contributed by atoms with van der Waals surface area (Å²) in [5, 5.41) is 11.0. The predicted octanol–water partition coefficient (Wildman–Crippen LogP) is 4.35. The van der Waals surface area contributed by atoms with Gasteiger partial charge in [0.2, 0.25) is 0 Å². The molecule has 1 aliphatic rings. The van der Waals surface area contributed by atoms with Crippen molar-refractivity contribution in [3.8, 4) is 0 Å². The minimum absolute atomic E-state index is 0. The van der Waals surface area contributed by atoms with Crippen molar-refractivity contribution in [2.24, 2.45) is 0 Å². The van der Waals surface area contributed by atoms with Gasteiger partial charge in [-0.1, -0.05) is 0 Å².